The van der Waals surface area contributed by atoms with Crippen molar-refractivity contribution in [1.82, 2.24) is 10.0 Å². The van der Waals surface area contributed by atoms with Gasteiger partial charge in [-0.15, -0.1) is 0 Å². The Morgan fingerprint density at radius 3 is 2.22 bits per heavy atom. The van der Waals surface area contributed by atoms with E-state index in [-0.39, 0.29) is 11.8 Å². The van der Waals surface area contributed by atoms with E-state index in [1.807, 2.05) is 6.92 Å². The maximum Gasteiger partial charge on any atom is 0.211 e. The maximum absolute atomic E-state index is 11.8. The summed E-state index contributed by atoms with van der Waals surface area (Å²) in [5, 5.41) is 3.22. The molecule has 0 radical (unpaired) electrons. The summed E-state index contributed by atoms with van der Waals surface area (Å²) in [5.74, 6) is 0.766. The molecule has 0 bridgehead atoms. The second-order valence-corrected chi connectivity index (χ2v) is 7.42. The van der Waals surface area contributed by atoms with Crippen LogP contribution in [0.1, 0.15) is 53.9 Å². The summed E-state index contributed by atoms with van der Waals surface area (Å²) in [7, 11) is -3.12. The van der Waals surface area contributed by atoms with E-state index >= 15 is 0 Å². The molecule has 2 unspecified atom stereocenters. The van der Waals surface area contributed by atoms with Crippen molar-refractivity contribution in [2.45, 2.75) is 66.0 Å². The quantitative estimate of drug-likeness (QED) is 0.602. The first kappa shape index (κ1) is 17.9. The van der Waals surface area contributed by atoms with Crippen molar-refractivity contribution >= 4 is 10.0 Å². The van der Waals surface area contributed by atoms with Crippen LogP contribution < -0.4 is 10.0 Å². The summed E-state index contributed by atoms with van der Waals surface area (Å²) >= 11 is 0. The fourth-order valence-corrected chi connectivity index (χ4v) is 3.19. The molecule has 5 heteroatoms. The lowest BCUT2D eigenvalue weighted by atomic mass is 10.0. The predicted molar refractivity (Wildman–Crippen MR) is 78.2 cm³/mol. The van der Waals surface area contributed by atoms with Gasteiger partial charge in [-0.1, -0.05) is 34.1 Å². The molecule has 0 amide bonds. The van der Waals surface area contributed by atoms with Crippen molar-refractivity contribution in [3.8, 4) is 0 Å². The minimum atomic E-state index is -3.12. The molecule has 0 heterocycles. The molecule has 0 rings (SSSR count). The van der Waals surface area contributed by atoms with Crippen LogP contribution in [-0.2, 0) is 10.0 Å². The van der Waals surface area contributed by atoms with E-state index in [4.69, 9.17) is 0 Å². The molecule has 18 heavy (non-hydrogen) atoms. The minimum absolute atomic E-state index is 0.0306. The van der Waals surface area contributed by atoms with Crippen LogP contribution >= 0.6 is 0 Å². The Morgan fingerprint density at radius 2 is 1.72 bits per heavy atom. The maximum atomic E-state index is 11.8. The Hall–Kier alpha value is -0.130. The van der Waals surface area contributed by atoms with Gasteiger partial charge in [-0.05, 0) is 32.2 Å². The molecule has 0 saturated carbocycles. The van der Waals surface area contributed by atoms with Crippen LogP contribution in [0, 0.1) is 5.92 Å². The van der Waals surface area contributed by atoms with E-state index in [1.54, 1.807) is 0 Å². The van der Waals surface area contributed by atoms with E-state index in [0.717, 1.165) is 19.4 Å². The fourth-order valence-electron chi connectivity index (χ4n) is 1.84. The summed E-state index contributed by atoms with van der Waals surface area (Å²) in [6.07, 6.45) is 2.65. The van der Waals surface area contributed by atoms with Crippen LogP contribution in [0.2, 0.25) is 0 Å². The Balaban J connectivity index is 3.92. The SMILES string of the molecule is CCC(C)CC(C)NS(=O)(=O)CCCNC(C)C. The third-order valence-corrected chi connectivity index (χ3v) is 4.56. The van der Waals surface area contributed by atoms with Crippen molar-refractivity contribution < 1.29 is 8.42 Å². The third-order valence-electron chi connectivity index (χ3n) is 2.98. The highest BCUT2D eigenvalue weighted by Gasteiger charge is 2.15. The van der Waals surface area contributed by atoms with Gasteiger partial charge in [-0.2, -0.15) is 0 Å². The lowest BCUT2D eigenvalue weighted by Gasteiger charge is -2.17. The second-order valence-electron chi connectivity index (χ2n) is 5.55. The molecular formula is C13H30N2O2S. The molecule has 0 aliphatic rings. The zero-order valence-corrected chi connectivity index (χ0v) is 13.3. The van der Waals surface area contributed by atoms with Crippen LogP contribution in [-0.4, -0.2) is 32.8 Å². The van der Waals surface area contributed by atoms with E-state index in [0.29, 0.717) is 18.4 Å². The average Bonchev–Trinajstić information content (AvgIpc) is 2.23. The number of rotatable bonds is 10. The zero-order chi connectivity index (χ0) is 14.2. The lowest BCUT2D eigenvalue weighted by Crippen LogP contribution is -2.36. The van der Waals surface area contributed by atoms with Crippen LogP contribution in [0.15, 0.2) is 0 Å². The Kier molecular flexibility index (Phi) is 8.82. The first-order valence-electron chi connectivity index (χ1n) is 7.00. The van der Waals surface area contributed by atoms with Crippen LogP contribution in [0.25, 0.3) is 0 Å². The highest BCUT2D eigenvalue weighted by Crippen LogP contribution is 2.10. The molecule has 0 aliphatic heterocycles. The Morgan fingerprint density at radius 1 is 1.11 bits per heavy atom. The summed E-state index contributed by atoms with van der Waals surface area (Å²) < 4.78 is 26.4. The minimum Gasteiger partial charge on any atom is -0.314 e. The molecule has 0 fully saturated rings. The van der Waals surface area contributed by atoms with Crippen molar-refractivity contribution in [2.75, 3.05) is 12.3 Å². The average molecular weight is 278 g/mol. The van der Waals surface area contributed by atoms with Gasteiger partial charge in [-0.3, -0.25) is 0 Å². The van der Waals surface area contributed by atoms with Crippen molar-refractivity contribution in [3.05, 3.63) is 0 Å². The molecule has 0 aromatic carbocycles. The molecule has 0 saturated heterocycles. The first-order chi connectivity index (χ1) is 8.26. The Labute approximate surface area is 113 Å². The van der Waals surface area contributed by atoms with Crippen LogP contribution in [0.3, 0.4) is 0 Å². The van der Waals surface area contributed by atoms with Gasteiger partial charge >= 0.3 is 0 Å². The first-order valence-corrected chi connectivity index (χ1v) is 8.65. The number of nitrogens with one attached hydrogen (secondary N) is 2. The number of sulfonamides is 1. The van der Waals surface area contributed by atoms with E-state index in [9.17, 15) is 8.42 Å². The summed E-state index contributed by atoms with van der Waals surface area (Å²) in [6, 6.07) is 0.438. The molecule has 0 aromatic heterocycles. The molecule has 0 spiro atoms. The number of hydrogen-bond acceptors (Lipinski definition) is 3. The van der Waals surface area contributed by atoms with Gasteiger partial charge in [-0.25, -0.2) is 13.1 Å². The van der Waals surface area contributed by atoms with E-state index in [2.05, 4.69) is 37.7 Å². The third kappa shape index (κ3) is 9.85. The normalized spacial score (nSPS) is 15.9. The fraction of sp³-hybridized carbons (Fsp3) is 1.00. The van der Waals surface area contributed by atoms with Crippen LogP contribution in [0.5, 0.6) is 0 Å². The largest absolute Gasteiger partial charge is 0.314 e. The summed E-state index contributed by atoms with van der Waals surface area (Å²) in [6.45, 7) is 11.1. The molecule has 0 aliphatic carbocycles. The zero-order valence-electron chi connectivity index (χ0n) is 12.5. The van der Waals surface area contributed by atoms with Gasteiger partial charge in [0.15, 0.2) is 0 Å². The predicted octanol–water partition coefficient (Wildman–Crippen LogP) is 2.12. The van der Waals surface area contributed by atoms with E-state index < -0.39 is 10.0 Å². The molecule has 2 atom stereocenters. The van der Waals surface area contributed by atoms with Gasteiger partial charge in [0.2, 0.25) is 10.0 Å². The van der Waals surface area contributed by atoms with Crippen molar-refractivity contribution in [3.63, 3.8) is 0 Å². The van der Waals surface area contributed by atoms with Gasteiger partial charge in [0.1, 0.15) is 0 Å². The Bertz CT molecular complexity index is 302. The van der Waals surface area contributed by atoms with Crippen LogP contribution in [0.4, 0.5) is 0 Å². The van der Waals surface area contributed by atoms with Gasteiger partial charge in [0.25, 0.3) is 0 Å². The summed E-state index contributed by atoms with van der Waals surface area (Å²) in [4.78, 5) is 0. The number of hydrogen-bond donors (Lipinski definition) is 2. The second kappa shape index (κ2) is 8.88. The highest BCUT2D eigenvalue weighted by molar-refractivity contribution is 7.89. The molecule has 0 aromatic rings. The highest BCUT2D eigenvalue weighted by atomic mass is 32.2. The van der Waals surface area contributed by atoms with Crippen molar-refractivity contribution in [1.29, 1.82) is 0 Å². The standard InChI is InChI=1S/C13H30N2O2S/c1-6-12(4)10-13(5)15-18(16,17)9-7-8-14-11(2)3/h11-15H,6-10H2,1-5H3. The van der Waals surface area contributed by atoms with Gasteiger partial charge in [0, 0.05) is 12.1 Å². The van der Waals surface area contributed by atoms with E-state index in [1.165, 1.54) is 0 Å². The van der Waals surface area contributed by atoms with Gasteiger partial charge in [0.05, 0.1) is 5.75 Å². The van der Waals surface area contributed by atoms with Crippen molar-refractivity contribution in [2.24, 2.45) is 5.92 Å². The molecular weight excluding hydrogens is 248 g/mol. The monoisotopic (exact) mass is 278 g/mol. The van der Waals surface area contributed by atoms with Gasteiger partial charge < -0.3 is 5.32 Å². The molecule has 110 valence electrons. The summed E-state index contributed by atoms with van der Waals surface area (Å²) in [5.41, 5.74) is 0. The topological polar surface area (TPSA) is 58.2 Å². The molecule has 4 nitrogen and oxygen atoms in total. The lowest BCUT2D eigenvalue weighted by molar-refractivity contribution is 0.445. The molecule has 2 N–H and O–H groups in total. The smallest absolute Gasteiger partial charge is 0.211 e.